The summed E-state index contributed by atoms with van der Waals surface area (Å²) in [6, 6.07) is 15.9. The second-order valence-electron chi connectivity index (χ2n) is 18.5. The molecule has 0 heterocycles. The standard InChI is InChI=1S/C49H71NO4/c1-7-31-52-41-22-18-39(19-23-41)50-34-37-15-20-40(21-16-37)53-32-10-8-9-14-47(51)54-42-27-29-48(5)38(33-42)17-24-43-45-26-25-44(36(4)13-11-12-35(2)3)49(45,6)30-28-46(43)48/h15-23,34-36,42-46H,7-14,24-33H2,1-6H3/t36-,42+,43+,44-,45+,46+,48+,49-/m1/s1. The Balaban J connectivity index is 0.880. The number of carbonyl (C=O) groups excluding carboxylic acids is 1. The Hall–Kier alpha value is -3.08. The summed E-state index contributed by atoms with van der Waals surface area (Å²) in [7, 11) is 0. The van der Waals surface area contributed by atoms with Crippen molar-refractivity contribution in [3.05, 3.63) is 65.7 Å². The average Bonchev–Trinajstić information content (AvgIpc) is 3.52. The van der Waals surface area contributed by atoms with E-state index in [1.165, 1.54) is 57.8 Å². The van der Waals surface area contributed by atoms with Gasteiger partial charge >= 0.3 is 5.97 Å². The van der Waals surface area contributed by atoms with Crippen LogP contribution in [0, 0.1) is 46.3 Å². The summed E-state index contributed by atoms with van der Waals surface area (Å²) in [6.07, 6.45) is 23.0. The summed E-state index contributed by atoms with van der Waals surface area (Å²) in [6.45, 7) is 16.1. The Labute approximate surface area is 328 Å². The number of hydrogen-bond donors (Lipinski definition) is 0. The van der Waals surface area contributed by atoms with Gasteiger partial charge in [0.25, 0.3) is 0 Å². The Kier molecular flexibility index (Phi) is 14.1. The van der Waals surface area contributed by atoms with Crippen LogP contribution in [0.5, 0.6) is 11.5 Å². The van der Waals surface area contributed by atoms with E-state index >= 15 is 0 Å². The summed E-state index contributed by atoms with van der Waals surface area (Å²) < 4.78 is 17.7. The first-order valence-electron chi connectivity index (χ1n) is 22.0. The Morgan fingerprint density at radius 2 is 1.57 bits per heavy atom. The molecule has 5 nitrogen and oxygen atoms in total. The van der Waals surface area contributed by atoms with E-state index in [0.29, 0.717) is 23.9 Å². The topological polar surface area (TPSA) is 57.1 Å². The first-order chi connectivity index (χ1) is 26.1. The lowest BCUT2D eigenvalue weighted by molar-refractivity contribution is -0.151. The second kappa shape index (κ2) is 18.7. The highest BCUT2D eigenvalue weighted by molar-refractivity contribution is 5.82. The summed E-state index contributed by atoms with van der Waals surface area (Å²) in [5.74, 6) is 6.82. The third kappa shape index (κ3) is 9.83. The minimum absolute atomic E-state index is 0.0234. The molecule has 0 amide bonds. The van der Waals surface area contributed by atoms with Crippen LogP contribution in [-0.4, -0.2) is 31.5 Å². The van der Waals surface area contributed by atoms with E-state index in [1.807, 2.05) is 54.7 Å². The van der Waals surface area contributed by atoms with Gasteiger partial charge in [0.1, 0.15) is 17.6 Å². The van der Waals surface area contributed by atoms with Crippen molar-refractivity contribution in [2.45, 2.75) is 150 Å². The number of esters is 1. The van der Waals surface area contributed by atoms with E-state index in [9.17, 15) is 4.79 Å². The molecule has 3 fully saturated rings. The predicted octanol–water partition coefficient (Wildman–Crippen LogP) is 13.1. The first-order valence-corrected chi connectivity index (χ1v) is 22.0. The number of carbonyl (C=O) groups is 1. The van der Waals surface area contributed by atoms with E-state index in [4.69, 9.17) is 14.2 Å². The molecule has 0 unspecified atom stereocenters. The third-order valence-electron chi connectivity index (χ3n) is 14.4. The van der Waals surface area contributed by atoms with Crippen molar-refractivity contribution >= 4 is 17.9 Å². The van der Waals surface area contributed by atoms with Crippen LogP contribution in [0.15, 0.2) is 65.2 Å². The molecule has 0 radical (unpaired) electrons. The maximum atomic E-state index is 12.9. The van der Waals surface area contributed by atoms with E-state index in [1.54, 1.807) is 5.57 Å². The van der Waals surface area contributed by atoms with Gasteiger partial charge < -0.3 is 14.2 Å². The van der Waals surface area contributed by atoms with Gasteiger partial charge in [-0.05, 0) is 171 Å². The maximum Gasteiger partial charge on any atom is 0.306 e. The van der Waals surface area contributed by atoms with Gasteiger partial charge in [-0.15, -0.1) is 0 Å². The fraction of sp³-hybridized carbons (Fsp3) is 0.673. The number of fused-ring (bicyclic) bond motifs is 5. The highest BCUT2D eigenvalue weighted by atomic mass is 16.5. The summed E-state index contributed by atoms with van der Waals surface area (Å²) in [4.78, 5) is 17.5. The highest BCUT2D eigenvalue weighted by Gasteiger charge is 2.59. The molecule has 4 aliphatic rings. The van der Waals surface area contributed by atoms with Crippen LogP contribution < -0.4 is 9.47 Å². The molecule has 0 aromatic heterocycles. The van der Waals surface area contributed by atoms with Crippen LogP contribution in [0.25, 0.3) is 0 Å². The molecule has 0 N–H and O–H groups in total. The van der Waals surface area contributed by atoms with Crippen molar-refractivity contribution < 1.29 is 19.0 Å². The molecule has 54 heavy (non-hydrogen) atoms. The van der Waals surface area contributed by atoms with Gasteiger partial charge in [-0.3, -0.25) is 9.79 Å². The number of rotatable bonds is 18. The highest BCUT2D eigenvalue weighted by Crippen LogP contribution is 2.67. The zero-order chi connectivity index (χ0) is 38.1. The zero-order valence-electron chi connectivity index (χ0n) is 34.6. The van der Waals surface area contributed by atoms with Crippen molar-refractivity contribution in [1.29, 1.82) is 0 Å². The SMILES string of the molecule is CCCOc1ccc(N=Cc2ccc(OCCCCCC(=O)O[C@H]3CC[C@@]4(C)C(=CC[C@H]5[C@@H]6CC[C@H]([C@H](C)CCCC(C)C)[C@@]6(C)CC[C@@H]54)C3)cc2)cc1. The number of benzene rings is 2. The number of ether oxygens (including phenoxy) is 3. The average molecular weight is 738 g/mol. The molecule has 6 rings (SSSR count). The maximum absolute atomic E-state index is 12.9. The Bertz CT molecular complexity index is 1540. The molecular weight excluding hydrogens is 667 g/mol. The minimum atomic E-state index is -0.0234. The molecule has 5 heteroatoms. The van der Waals surface area contributed by atoms with Gasteiger partial charge in [-0.1, -0.05) is 72.5 Å². The fourth-order valence-corrected chi connectivity index (χ4v) is 11.4. The lowest BCUT2D eigenvalue weighted by atomic mass is 9.47. The molecule has 2 aromatic carbocycles. The lowest BCUT2D eigenvalue weighted by Crippen LogP contribution is -2.51. The number of hydrogen-bond acceptors (Lipinski definition) is 5. The van der Waals surface area contributed by atoms with Crippen LogP contribution in [-0.2, 0) is 9.53 Å². The van der Waals surface area contributed by atoms with E-state index < -0.39 is 0 Å². The first kappa shape index (κ1) is 40.6. The summed E-state index contributed by atoms with van der Waals surface area (Å²) in [5, 5.41) is 0. The zero-order valence-corrected chi connectivity index (χ0v) is 34.6. The van der Waals surface area contributed by atoms with E-state index in [0.717, 1.165) is 103 Å². The normalized spacial score (nSPS) is 29.6. The lowest BCUT2D eigenvalue weighted by Gasteiger charge is -2.58. The molecule has 0 saturated heterocycles. The smallest absolute Gasteiger partial charge is 0.306 e. The van der Waals surface area contributed by atoms with Gasteiger partial charge in [0.2, 0.25) is 0 Å². The van der Waals surface area contributed by atoms with Crippen molar-refractivity contribution in [3.63, 3.8) is 0 Å². The molecular formula is C49H71NO4. The molecule has 296 valence electrons. The van der Waals surface area contributed by atoms with Crippen molar-refractivity contribution in [3.8, 4) is 11.5 Å². The Morgan fingerprint density at radius 3 is 2.31 bits per heavy atom. The molecule has 4 aliphatic carbocycles. The van der Waals surface area contributed by atoms with Gasteiger partial charge in [0.05, 0.1) is 18.9 Å². The van der Waals surface area contributed by atoms with Crippen LogP contribution in [0.2, 0.25) is 0 Å². The molecule has 0 spiro atoms. The summed E-state index contributed by atoms with van der Waals surface area (Å²) in [5.41, 5.74) is 4.34. The molecule has 3 saturated carbocycles. The number of nitrogens with zero attached hydrogens (tertiary/aromatic N) is 1. The van der Waals surface area contributed by atoms with Crippen molar-refractivity contribution in [2.75, 3.05) is 13.2 Å². The van der Waals surface area contributed by atoms with Crippen LogP contribution in [0.3, 0.4) is 0 Å². The van der Waals surface area contributed by atoms with E-state index in [2.05, 4.69) is 52.6 Å². The summed E-state index contributed by atoms with van der Waals surface area (Å²) >= 11 is 0. The number of aliphatic imine (C=N–C) groups is 1. The van der Waals surface area contributed by atoms with Gasteiger partial charge in [0.15, 0.2) is 0 Å². The van der Waals surface area contributed by atoms with Crippen LogP contribution in [0.1, 0.15) is 150 Å². The molecule has 8 atom stereocenters. The predicted molar refractivity (Wildman–Crippen MR) is 223 cm³/mol. The van der Waals surface area contributed by atoms with Gasteiger partial charge in [-0.25, -0.2) is 0 Å². The van der Waals surface area contributed by atoms with Crippen LogP contribution in [0.4, 0.5) is 5.69 Å². The monoisotopic (exact) mass is 738 g/mol. The largest absolute Gasteiger partial charge is 0.494 e. The third-order valence-corrected chi connectivity index (χ3v) is 14.4. The molecule has 0 bridgehead atoms. The van der Waals surface area contributed by atoms with Crippen LogP contribution >= 0.6 is 0 Å². The van der Waals surface area contributed by atoms with Gasteiger partial charge in [-0.2, -0.15) is 0 Å². The molecule has 0 aliphatic heterocycles. The van der Waals surface area contributed by atoms with Crippen molar-refractivity contribution in [1.82, 2.24) is 0 Å². The molecule has 2 aromatic rings. The van der Waals surface area contributed by atoms with Gasteiger partial charge in [0, 0.05) is 19.1 Å². The quantitative estimate of drug-likeness (QED) is 0.0661. The minimum Gasteiger partial charge on any atom is -0.494 e. The second-order valence-corrected chi connectivity index (χ2v) is 18.5. The fourth-order valence-electron chi connectivity index (χ4n) is 11.4. The number of allylic oxidation sites excluding steroid dienone is 1. The van der Waals surface area contributed by atoms with E-state index in [-0.39, 0.29) is 12.1 Å². The number of unbranched alkanes of at least 4 members (excludes halogenated alkanes) is 2. The van der Waals surface area contributed by atoms with Crippen molar-refractivity contribution in [2.24, 2.45) is 51.3 Å². The Morgan fingerprint density at radius 1 is 0.833 bits per heavy atom.